The summed E-state index contributed by atoms with van der Waals surface area (Å²) in [4.78, 5) is 35.8. The van der Waals surface area contributed by atoms with Gasteiger partial charge in [-0.3, -0.25) is 9.59 Å². The third-order valence-corrected chi connectivity index (χ3v) is 6.77. The maximum Gasteiger partial charge on any atom is 0.255 e. The number of nitrogens with one attached hydrogen (secondary N) is 1. The van der Waals surface area contributed by atoms with Gasteiger partial charge in [0.15, 0.2) is 5.82 Å². The molecule has 1 fully saturated rings. The van der Waals surface area contributed by atoms with Gasteiger partial charge in [0, 0.05) is 19.5 Å². The minimum atomic E-state index is -0.530. The molecule has 5 rings (SSSR count). The summed E-state index contributed by atoms with van der Waals surface area (Å²) in [5.74, 6) is -0.596. The van der Waals surface area contributed by atoms with Crippen LogP contribution in [0.1, 0.15) is 45.7 Å². The fourth-order valence-corrected chi connectivity index (χ4v) is 4.77. The lowest BCUT2D eigenvalue weighted by Gasteiger charge is -2.29. The predicted molar refractivity (Wildman–Crippen MR) is 128 cm³/mol. The molecule has 7 nitrogen and oxygen atoms in total. The van der Waals surface area contributed by atoms with Crippen LogP contribution in [0.5, 0.6) is 0 Å². The third kappa shape index (κ3) is 4.90. The Balaban J connectivity index is 1.37. The number of rotatable bonds is 5. The largest absolute Gasteiger partial charge is 0.393 e. The maximum absolute atomic E-state index is 14.5. The quantitative estimate of drug-likeness (QED) is 0.567. The van der Waals surface area contributed by atoms with E-state index in [0.29, 0.717) is 49.3 Å². The van der Waals surface area contributed by atoms with Crippen molar-refractivity contribution in [1.29, 1.82) is 0 Å². The number of benzene rings is 2. The lowest BCUT2D eigenvalue weighted by atomic mass is 10.0. The number of aromatic nitrogens is 2. The van der Waals surface area contributed by atoms with E-state index in [0.717, 1.165) is 11.1 Å². The molecule has 3 aromatic rings. The van der Waals surface area contributed by atoms with Gasteiger partial charge in [-0.1, -0.05) is 41.9 Å². The van der Waals surface area contributed by atoms with Gasteiger partial charge < -0.3 is 15.3 Å². The zero-order chi connectivity index (χ0) is 24.5. The van der Waals surface area contributed by atoms with Crippen molar-refractivity contribution in [3.8, 4) is 11.4 Å². The number of fused-ring (bicyclic) bond motifs is 1. The van der Waals surface area contributed by atoms with Crippen LogP contribution in [0.25, 0.3) is 11.4 Å². The minimum Gasteiger partial charge on any atom is -0.393 e. The summed E-state index contributed by atoms with van der Waals surface area (Å²) in [5, 5.41) is 12.6. The van der Waals surface area contributed by atoms with Crippen molar-refractivity contribution in [2.75, 3.05) is 13.1 Å². The van der Waals surface area contributed by atoms with Gasteiger partial charge in [-0.15, -0.1) is 0 Å². The summed E-state index contributed by atoms with van der Waals surface area (Å²) in [6.45, 7) is 1.40. The van der Waals surface area contributed by atoms with Crippen LogP contribution in [-0.4, -0.2) is 51.0 Å². The first kappa shape index (κ1) is 23.4. The highest BCUT2D eigenvalue weighted by molar-refractivity contribution is 6.33. The topological polar surface area (TPSA) is 95.4 Å². The van der Waals surface area contributed by atoms with Gasteiger partial charge in [-0.2, -0.15) is 0 Å². The number of aliphatic hydroxyl groups is 1. The molecule has 0 spiro atoms. The van der Waals surface area contributed by atoms with E-state index in [-0.39, 0.29) is 47.3 Å². The van der Waals surface area contributed by atoms with Crippen LogP contribution in [0.2, 0.25) is 5.02 Å². The zero-order valence-electron chi connectivity index (χ0n) is 18.9. The Hall–Kier alpha value is -3.36. The monoisotopic (exact) mass is 494 g/mol. The average Bonchev–Trinajstić information content (AvgIpc) is 3.21. The number of likely N-dealkylation sites (tertiary alicyclic amines) is 1. The molecule has 0 saturated carbocycles. The SMILES string of the molecule is O=C1NCc2nc(-c3c(F)cccc3Cl)nc(Cc3ccc(CC(=O)N4CCC(O)CC4)cc3)c21. The number of nitrogens with zero attached hydrogens (tertiary/aromatic N) is 3. The van der Waals surface area contributed by atoms with E-state index in [2.05, 4.69) is 15.3 Å². The first-order valence-corrected chi connectivity index (χ1v) is 11.9. The molecule has 2 N–H and O–H groups in total. The van der Waals surface area contributed by atoms with Crippen molar-refractivity contribution in [3.05, 3.63) is 81.4 Å². The van der Waals surface area contributed by atoms with Crippen LogP contribution in [0, 0.1) is 5.82 Å². The Kier molecular flexibility index (Phi) is 6.49. The van der Waals surface area contributed by atoms with Crippen LogP contribution in [0.15, 0.2) is 42.5 Å². The van der Waals surface area contributed by atoms with Gasteiger partial charge in [0.1, 0.15) is 5.82 Å². The molecule has 9 heteroatoms. The molecule has 0 aliphatic carbocycles. The second-order valence-electron chi connectivity index (χ2n) is 8.88. The van der Waals surface area contributed by atoms with Gasteiger partial charge in [0.2, 0.25) is 5.91 Å². The molecule has 2 amide bonds. The Labute approximate surface area is 207 Å². The van der Waals surface area contributed by atoms with Crippen molar-refractivity contribution in [2.45, 2.75) is 38.3 Å². The van der Waals surface area contributed by atoms with E-state index in [1.165, 1.54) is 12.1 Å². The van der Waals surface area contributed by atoms with E-state index in [1.54, 1.807) is 11.0 Å². The van der Waals surface area contributed by atoms with Crippen molar-refractivity contribution >= 4 is 23.4 Å². The molecule has 180 valence electrons. The van der Waals surface area contributed by atoms with Crippen LogP contribution in [0.4, 0.5) is 4.39 Å². The summed E-state index contributed by atoms with van der Waals surface area (Å²) in [6.07, 6.45) is 1.54. The molecule has 0 unspecified atom stereocenters. The number of amides is 2. The zero-order valence-corrected chi connectivity index (χ0v) is 19.7. The second kappa shape index (κ2) is 9.71. The maximum atomic E-state index is 14.5. The van der Waals surface area contributed by atoms with Crippen LogP contribution < -0.4 is 5.32 Å². The summed E-state index contributed by atoms with van der Waals surface area (Å²) in [5.41, 5.74) is 3.31. The second-order valence-corrected chi connectivity index (χ2v) is 9.28. The normalized spacial score (nSPS) is 15.7. The van der Waals surface area contributed by atoms with Crippen molar-refractivity contribution in [2.24, 2.45) is 0 Å². The number of carbonyl (C=O) groups is 2. The molecular weight excluding hydrogens is 471 g/mol. The van der Waals surface area contributed by atoms with Crippen molar-refractivity contribution in [1.82, 2.24) is 20.2 Å². The molecular formula is C26H24ClFN4O3. The highest BCUT2D eigenvalue weighted by Gasteiger charge is 2.28. The van der Waals surface area contributed by atoms with Gasteiger partial charge in [0.05, 0.1) is 46.6 Å². The standard InChI is InChI=1S/C26H24ClFN4O3/c27-18-2-1-3-19(28)23(18)25-30-20(24-21(31-25)14-29-26(24)35)12-15-4-6-16(7-5-15)13-22(34)32-10-8-17(33)9-11-32/h1-7,17,33H,8-14H2,(H,29,35). The lowest BCUT2D eigenvalue weighted by molar-refractivity contribution is -0.132. The van der Waals surface area contributed by atoms with Gasteiger partial charge in [0.25, 0.3) is 5.91 Å². The fraction of sp³-hybridized carbons (Fsp3) is 0.308. The molecule has 2 aliphatic heterocycles. The number of hydrogen-bond acceptors (Lipinski definition) is 5. The molecule has 0 atom stereocenters. The van der Waals surface area contributed by atoms with Crippen molar-refractivity contribution < 1.29 is 19.1 Å². The fourth-order valence-electron chi connectivity index (χ4n) is 4.52. The summed E-state index contributed by atoms with van der Waals surface area (Å²) < 4.78 is 14.5. The van der Waals surface area contributed by atoms with Crippen LogP contribution in [0.3, 0.4) is 0 Å². The molecule has 35 heavy (non-hydrogen) atoms. The number of halogens is 2. The number of piperidine rings is 1. The Bertz CT molecular complexity index is 1270. The van der Waals surface area contributed by atoms with Crippen molar-refractivity contribution in [3.63, 3.8) is 0 Å². The Morgan fingerprint density at radius 1 is 1.09 bits per heavy atom. The molecule has 0 radical (unpaired) electrons. The molecule has 3 heterocycles. The van der Waals surface area contributed by atoms with E-state index in [4.69, 9.17) is 11.6 Å². The van der Waals surface area contributed by atoms with Gasteiger partial charge >= 0.3 is 0 Å². The summed E-state index contributed by atoms with van der Waals surface area (Å²) in [6, 6.07) is 12.0. The Morgan fingerprint density at radius 2 is 1.80 bits per heavy atom. The first-order valence-electron chi connectivity index (χ1n) is 11.5. The van der Waals surface area contributed by atoms with Gasteiger partial charge in [-0.25, -0.2) is 14.4 Å². The molecule has 1 saturated heterocycles. The van der Waals surface area contributed by atoms with E-state index >= 15 is 0 Å². The molecule has 2 aliphatic rings. The van der Waals surface area contributed by atoms with Crippen LogP contribution in [-0.2, 0) is 24.2 Å². The highest BCUT2D eigenvalue weighted by atomic mass is 35.5. The predicted octanol–water partition coefficient (Wildman–Crippen LogP) is 3.30. The smallest absolute Gasteiger partial charge is 0.255 e. The average molecular weight is 495 g/mol. The number of carbonyl (C=O) groups excluding carboxylic acids is 2. The Morgan fingerprint density at radius 3 is 2.51 bits per heavy atom. The number of hydrogen-bond donors (Lipinski definition) is 2. The molecule has 1 aromatic heterocycles. The molecule has 2 aromatic carbocycles. The lowest BCUT2D eigenvalue weighted by Crippen LogP contribution is -2.40. The summed E-state index contributed by atoms with van der Waals surface area (Å²) >= 11 is 6.23. The van der Waals surface area contributed by atoms with Crippen LogP contribution >= 0.6 is 11.6 Å². The van der Waals surface area contributed by atoms with Gasteiger partial charge in [-0.05, 0) is 36.1 Å². The first-order chi connectivity index (χ1) is 16.9. The minimum absolute atomic E-state index is 0.0429. The van der Waals surface area contributed by atoms with E-state index < -0.39 is 5.82 Å². The van der Waals surface area contributed by atoms with E-state index in [9.17, 15) is 19.1 Å². The number of aliphatic hydroxyl groups excluding tert-OH is 1. The molecule has 0 bridgehead atoms. The third-order valence-electron chi connectivity index (χ3n) is 6.46. The highest BCUT2D eigenvalue weighted by Crippen LogP contribution is 2.31. The van der Waals surface area contributed by atoms with E-state index in [1.807, 2.05) is 24.3 Å². The summed E-state index contributed by atoms with van der Waals surface area (Å²) in [7, 11) is 0.